The SMILES string of the molecule is NC(N)=NCCCN1CCCC(n2cc3c(nc2=O)Nc2cc(C(=O)CCCCN4CCOCC4)ccc2O3)CC1. The van der Waals surface area contributed by atoms with Crippen LogP contribution in [0.25, 0.3) is 0 Å². The van der Waals surface area contributed by atoms with Gasteiger partial charge in [0.1, 0.15) is 0 Å². The second-order valence-corrected chi connectivity index (χ2v) is 11.0. The smallest absolute Gasteiger partial charge is 0.350 e. The highest BCUT2D eigenvalue weighted by Gasteiger charge is 2.25. The summed E-state index contributed by atoms with van der Waals surface area (Å²) in [5, 5.41) is 3.22. The summed E-state index contributed by atoms with van der Waals surface area (Å²) in [6.45, 7) is 7.91. The van der Waals surface area contributed by atoms with E-state index in [2.05, 4.69) is 25.1 Å². The molecule has 2 saturated heterocycles. The zero-order valence-corrected chi connectivity index (χ0v) is 23.7. The number of nitrogens with one attached hydrogen (secondary N) is 1. The summed E-state index contributed by atoms with van der Waals surface area (Å²) in [6, 6.07) is 5.47. The first kappa shape index (κ1) is 29.0. The number of morpholine rings is 1. The Kier molecular flexibility index (Phi) is 9.86. The van der Waals surface area contributed by atoms with E-state index in [1.807, 2.05) is 12.1 Å². The molecule has 0 amide bonds. The third-order valence-corrected chi connectivity index (χ3v) is 8.03. The lowest BCUT2D eigenvalue weighted by molar-refractivity contribution is 0.0371. The number of hydrogen-bond donors (Lipinski definition) is 3. The van der Waals surface area contributed by atoms with E-state index in [0.29, 0.717) is 41.5 Å². The standard InChI is InChI=1S/C29H42N8O4/c30-28(31)32-10-4-13-35-12-3-5-22(9-14-35)37-20-26-27(34-29(37)39)33-23-19-21(7-8-25(23)41-26)24(38)6-1-2-11-36-15-17-40-18-16-36/h7-8,19-20,22H,1-6,9-18H2,(H4,30,31,32)(H,33,34,39). The molecule has 1 unspecified atom stereocenters. The van der Waals surface area contributed by atoms with E-state index >= 15 is 0 Å². The molecular weight excluding hydrogens is 524 g/mol. The predicted molar refractivity (Wildman–Crippen MR) is 158 cm³/mol. The van der Waals surface area contributed by atoms with Crippen molar-refractivity contribution in [3.63, 3.8) is 0 Å². The lowest BCUT2D eigenvalue weighted by atomic mass is 10.0. The summed E-state index contributed by atoms with van der Waals surface area (Å²) >= 11 is 0. The largest absolute Gasteiger partial charge is 0.450 e. The molecule has 5 rings (SSSR count). The number of rotatable bonds is 11. The molecule has 2 fully saturated rings. The molecule has 3 aliphatic rings. The number of aromatic nitrogens is 2. The van der Waals surface area contributed by atoms with Crippen LogP contribution in [0, 0.1) is 0 Å². The van der Waals surface area contributed by atoms with Gasteiger partial charge < -0.3 is 31.2 Å². The lowest BCUT2D eigenvalue weighted by Gasteiger charge is -2.26. The molecule has 1 aromatic carbocycles. The summed E-state index contributed by atoms with van der Waals surface area (Å²) in [7, 11) is 0. The number of aliphatic imine (C=N–C) groups is 1. The number of anilines is 2. The molecule has 0 bridgehead atoms. The Morgan fingerprint density at radius 1 is 1.02 bits per heavy atom. The Labute approximate surface area is 240 Å². The van der Waals surface area contributed by atoms with Gasteiger partial charge in [-0.25, -0.2) is 4.79 Å². The third kappa shape index (κ3) is 7.84. The number of fused-ring (bicyclic) bond motifs is 2. The van der Waals surface area contributed by atoms with Crippen LogP contribution in [0.2, 0.25) is 0 Å². The number of benzene rings is 1. The molecule has 0 saturated carbocycles. The minimum atomic E-state index is -0.304. The maximum Gasteiger partial charge on any atom is 0.350 e. The van der Waals surface area contributed by atoms with Gasteiger partial charge in [-0.3, -0.25) is 19.3 Å². The van der Waals surface area contributed by atoms with Gasteiger partial charge in [-0.2, -0.15) is 4.98 Å². The number of carbonyl (C=O) groups excluding carboxylic acids is 1. The van der Waals surface area contributed by atoms with Gasteiger partial charge in [0, 0.05) is 44.2 Å². The van der Waals surface area contributed by atoms with Gasteiger partial charge in [0.05, 0.1) is 25.1 Å². The summed E-state index contributed by atoms with van der Waals surface area (Å²) in [6.07, 6.45) is 7.73. The molecule has 41 heavy (non-hydrogen) atoms. The quantitative estimate of drug-likeness (QED) is 0.136. The molecule has 222 valence electrons. The van der Waals surface area contributed by atoms with Crippen LogP contribution in [0.3, 0.4) is 0 Å². The topological polar surface area (TPSA) is 153 Å². The van der Waals surface area contributed by atoms with Crippen molar-refractivity contribution in [2.24, 2.45) is 16.5 Å². The molecule has 3 aliphatic heterocycles. The van der Waals surface area contributed by atoms with Crippen LogP contribution < -0.4 is 27.2 Å². The van der Waals surface area contributed by atoms with Crippen LogP contribution in [0.4, 0.5) is 11.5 Å². The van der Waals surface area contributed by atoms with E-state index in [1.54, 1.807) is 16.8 Å². The molecule has 0 spiro atoms. The van der Waals surface area contributed by atoms with Crippen molar-refractivity contribution < 1.29 is 14.3 Å². The summed E-state index contributed by atoms with van der Waals surface area (Å²) < 4.78 is 13.2. The molecule has 0 aliphatic carbocycles. The van der Waals surface area contributed by atoms with Gasteiger partial charge in [0.25, 0.3) is 0 Å². The van der Waals surface area contributed by atoms with E-state index in [1.165, 1.54) is 0 Å². The number of ether oxygens (including phenoxy) is 2. The fourth-order valence-electron chi connectivity index (χ4n) is 5.75. The van der Waals surface area contributed by atoms with Crippen LogP contribution >= 0.6 is 0 Å². The van der Waals surface area contributed by atoms with Gasteiger partial charge in [-0.05, 0) is 76.4 Å². The Morgan fingerprint density at radius 2 is 1.83 bits per heavy atom. The van der Waals surface area contributed by atoms with Crippen LogP contribution in [0.1, 0.15) is 61.3 Å². The first-order valence-corrected chi connectivity index (χ1v) is 14.8. The van der Waals surface area contributed by atoms with Crippen LogP contribution in [-0.2, 0) is 4.74 Å². The van der Waals surface area contributed by atoms with Gasteiger partial charge in [-0.15, -0.1) is 0 Å². The number of likely N-dealkylation sites (tertiary alicyclic amines) is 1. The lowest BCUT2D eigenvalue weighted by Crippen LogP contribution is -2.36. The molecule has 2 aromatic rings. The number of Topliss-reactive ketones (excluding diaryl/α,β-unsaturated/α-hetero) is 1. The highest BCUT2D eigenvalue weighted by atomic mass is 16.5. The zero-order chi connectivity index (χ0) is 28.6. The van der Waals surface area contributed by atoms with Crippen molar-refractivity contribution in [1.29, 1.82) is 0 Å². The molecule has 12 nitrogen and oxygen atoms in total. The highest BCUT2D eigenvalue weighted by Crippen LogP contribution is 2.41. The van der Waals surface area contributed by atoms with Crippen LogP contribution in [-0.4, -0.2) is 90.1 Å². The zero-order valence-electron chi connectivity index (χ0n) is 23.7. The fraction of sp³-hybridized carbons (Fsp3) is 0.586. The van der Waals surface area contributed by atoms with Crippen molar-refractivity contribution in [3.05, 3.63) is 40.4 Å². The molecular formula is C29H42N8O4. The molecule has 4 heterocycles. The maximum absolute atomic E-state index is 13.0. The number of ketones is 1. The average Bonchev–Trinajstić information content (AvgIpc) is 3.22. The summed E-state index contributed by atoms with van der Waals surface area (Å²) in [5.74, 6) is 1.73. The predicted octanol–water partition coefficient (Wildman–Crippen LogP) is 2.47. The van der Waals surface area contributed by atoms with E-state index < -0.39 is 0 Å². The van der Waals surface area contributed by atoms with E-state index in [-0.39, 0.29) is 23.5 Å². The van der Waals surface area contributed by atoms with E-state index in [0.717, 1.165) is 91.0 Å². The second kappa shape index (κ2) is 13.9. The Balaban J connectivity index is 1.16. The maximum atomic E-state index is 13.0. The van der Waals surface area contributed by atoms with Crippen LogP contribution in [0.5, 0.6) is 11.5 Å². The van der Waals surface area contributed by atoms with Gasteiger partial charge >= 0.3 is 5.69 Å². The van der Waals surface area contributed by atoms with Crippen molar-refractivity contribution >= 4 is 23.2 Å². The molecule has 1 atom stereocenters. The monoisotopic (exact) mass is 566 g/mol. The summed E-state index contributed by atoms with van der Waals surface area (Å²) in [4.78, 5) is 39.1. The molecule has 12 heteroatoms. The Bertz CT molecular complexity index is 1290. The number of unbranched alkanes of at least 4 members (excludes halogenated alkanes) is 1. The number of guanidine groups is 1. The normalized spacial score (nSPS) is 19.3. The Morgan fingerprint density at radius 3 is 2.66 bits per heavy atom. The summed E-state index contributed by atoms with van der Waals surface area (Å²) in [5.41, 5.74) is 11.8. The van der Waals surface area contributed by atoms with Gasteiger partial charge in [-0.1, -0.05) is 0 Å². The fourth-order valence-corrected chi connectivity index (χ4v) is 5.75. The average molecular weight is 567 g/mol. The molecule has 5 N–H and O–H groups in total. The first-order valence-electron chi connectivity index (χ1n) is 14.8. The third-order valence-electron chi connectivity index (χ3n) is 8.03. The number of nitrogens with two attached hydrogens (primary N) is 2. The van der Waals surface area contributed by atoms with Crippen molar-refractivity contribution in [2.45, 2.75) is 51.0 Å². The van der Waals surface area contributed by atoms with Crippen LogP contribution in [0.15, 0.2) is 34.2 Å². The van der Waals surface area contributed by atoms with Crippen molar-refractivity contribution in [3.8, 4) is 11.5 Å². The van der Waals surface area contributed by atoms with Gasteiger partial charge in [0.15, 0.2) is 29.1 Å². The minimum absolute atomic E-state index is 0.0521. The first-order chi connectivity index (χ1) is 20.0. The van der Waals surface area contributed by atoms with Gasteiger partial charge in [0.2, 0.25) is 0 Å². The van der Waals surface area contributed by atoms with E-state index in [4.69, 9.17) is 20.9 Å². The Hall–Kier alpha value is -3.48. The minimum Gasteiger partial charge on any atom is -0.450 e. The number of nitrogens with zero attached hydrogens (tertiary/aromatic N) is 5. The number of carbonyl (C=O) groups is 1. The molecule has 0 radical (unpaired) electrons. The highest BCUT2D eigenvalue weighted by molar-refractivity contribution is 5.97. The van der Waals surface area contributed by atoms with Crippen molar-refractivity contribution in [2.75, 3.05) is 64.3 Å². The number of hydrogen-bond acceptors (Lipinski definition) is 9. The molecule has 1 aromatic heterocycles. The second-order valence-electron chi connectivity index (χ2n) is 11.0. The van der Waals surface area contributed by atoms with E-state index in [9.17, 15) is 9.59 Å². The van der Waals surface area contributed by atoms with Crippen molar-refractivity contribution in [1.82, 2.24) is 19.4 Å².